The quantitative estimate of drug-likeness (QED) is 0.738. The summed E-state index contributed by atoms with van der Waals surface area (Å²) in [6.07, 6.45) is 0. The van der Waals surface area contributed by atoms with E-state index in [-0.39, 0.29) is 12.6 Å². The molecule has 0 N–H and O–H groups in total. The largest absolute Gasteiger partial charge is 0.467 e. The number of morpholine rings is 1. The lowest BCUT2D eigenvalue weighted by molar-refractivity contribution is -0.144. The Balaban J connectivity index is 1.96. The summed E-state index contributed by atoms with van der Waals surface area (Å²) in [7, 11) is 1.36. The number of methoxy groups -OCH3 is 1. The van der Waals surface area contributed by atoms with Gasteiger partial charge < -0.3 is 14.4 Å². The van der Waals surface area contributed by atoms with Gasteiger partial charge in [0.15, 0.2) is 6.04 Å². The van der Waals surface area contributed by atoms with Gasteiger partial charge in [0.2, 0.25) is 0 Å². The van der Waals surface area contributed by atoms with Crippen molar-refractivity contribution in [3.63, 3.8) is 0 Å². The first-order valence-corrected chi connectivity index (χ1v) is 6.57. The Hall–Kier alpha value is -2.48. The molecule has 8 heteroatoms. The summed E-state index contributed by atoms with van der Waals surface area (Å²) in [5, 5.41) is 11.8. The average molecular weight is 289 g/mol. The topological polar surface area (TPSA) is 82.4 Å². The molecule has 2 heterocycles. The molecule has 0 amide bonds. The normalized spacial score (nSPS) is 18.5. The van der Waals surface area contributed by atoms with Gasteiger partial charge in [-0.25, -0.2) is 4.79 Å². The van der Waals surface area contributed by atoms with E-state index in [2.05, 4.69) is 15.5 Å². The van der Waals surface area contributed by atoms with Gasteiger partial charge >= 0.3 is 5.97 Å². The highest BCUT2D eigenvalue weighted by Crippen LogP contribution is 2.20. The molecule has 1 aliphatic heterocycles. The van der Waals surface area contributed by atoms with Gasteiger partial charge in [0.05, 0.1) is 26.0 Å². The number of hydrogen-bond acceptors (Lipinski definition) is 7. The molecule has 1 unspecified atom stereocenters. The number of anilines is 1. The smallest absolute Gasteiger partial charge is 0.331 e. The first-order valence-electron chi connectivity index (χ1n) is 6.57. The highest BCUT2D eigenvalue weighted by Gasteiger charge is 2.33. The third-order valence-corrected chi connectivity index (χ3v) is 3.31. The number of rotatable bonds is 3. The molecule has 1 atom stereocenters. The van der Waals surface area contributed by atoms with Crippen molar-refractivity contribution in [1.82, 2.24) is 20.2 Å². The molecule has 1 aromatic carbocycles. The number of tetrazole rings is 1. The van der Waals surface area contributed by atoms with Crippen LogP contribution in [0.25, 0.3) is 5.69 Å². The van der Waals surface area contributed by atoms with E-state index in [1.54, 1.807) is 4.68 Å². The summed E-state index contributed by atoms with van der Waals surface area (Å²) in [4.78, 5) is 13.7. The summed E-state index contributed by atoms with van der Waals surface area (Å²) in [6, 6.07) is 8.97. The highest BCUT2D eigenvalue weighted by atomic mass is 16.5. The molecule has 8 nitrogen and oxygen atoms in total. The molecule has 1 saturated heterocycles. The van der Waals surface area contributed by atoms with E-state index in [1.165, 1.54) is 7.11 Å². The van der Waals surface area contributed by atoms with Crippen molar-refractivity contribution in [2.45, 2.75) is 6.04 Å². The number of benzene rings is 1. The number of carbonyl (C=O) groups is 1. The van der Waals surface area contributed by atoms with Crippen LogP contribution in [0.4, 0.5) is 5.95 Å². The maximum atomic E-state index is 11.9. The van der Waals surface area contributed by atoms with E-state index >= 15 is 0 Å². The molecule has 2 aromatic rings. The molecule has 21 heavy (non-hydrogen) atoms. The Morgan fingerprint density at radius 3 is 2.95 bits per heavy atom. The third-order valence-electron chi connectivity index (χ3n) is 3.31. The third kappa shape index (κ3) is 2.57. The molecule has 1 aromatic heterocycles. The minimum Gasteiger partial charge on any atom is -0.467 e. The van der Waals surface area contributed by atoms with Crippen LogP contribution in [-0.2, 0) is 14.3 Å². The van der Waals surface area contributed by atoms with Crippen molar-refractivity contribution in [2.24, 2.45) is 0 Å². The first-order chi connectivity index (χ1) is 10.3. The number of aromatic nitrogens is 4. The van der Waals surface area contributed by atoms with Crippen LogP contribution >= 0.6 is 0 Å². The monoisotopic (exact) mass is 289 g/mol. The van der Waals surface area contributed by atoms with Gasteiger partial charge in [-0.3, -0.25) is 0 Å². The summed E-state index contributed by atoms with van der Waals surface area (Å²) in [5.41, 5.74) is 0.826. The minimum absolute atomic E-state index is 0.258. The van der Waals surface area contributed by atoms with E-state index in [9.17, 15) is 4.79 Å². The fourth-order valence-electron chi connectivity index (χ4n) is 2.27. The minimum atomic E-state index is -0.544. The van der Waals surface area contributed by atoms with Crippen LogP contribution < -0.4 is 4.90 Å². The van der Waals surface area contributed by atoms with Gasteiger partial charge in [0.25, 0.3) is 5.95 Å². The second-order valence-corrected chi connectivity index (χ2v) is 4.53. The van der Waals surface area contributed by atoms with E-state index in [1.807, 2.05) is 35.2 Å². The first kappa shape index (κ1) is 13.5. The van der Waals surface area contributed by atoms with Crippen molar-refractivity contribution in [3.05, 3.63) is 30.3 Å². The standard InChI is InChI=1S/C13H15N5O3/c1-20-12(19)11-9-21-8-7-17(11)13-14-15-16-18(13)10-5-3-2-4-6-10/h2-6,11H,7-9H2,1H3. The molecule has 0 saturated carbocycles. The molecule has 0 radical (unpaired) electrons. The zero-order chi connectivity index (χ0) is 14.7. The van der Waals surface area contributed by atoms with Crippen molar-refractivity contribution in [1.29, 1.82) is 0 Å². The molecule has 1 aliphatic rings. The lowest BCUT2D eigenvalue weighted by Gasteiger charge is -2.33. The molecule has 3 rings (SSSR count). The molecular weight excluding hydrogens is 274 g/mol. The maximum absolute atomic E-state index is 11.9. The van der Waals surface area contributed by atoms with Gasteiger partial charge in [-0.05, 0) is 22.6 Å². The number of carbonyl (C=O) groups excluding carboxylic acids is 1. The van der Waals surface area contributed by atoms with E-state index in [0.717, 1.165) is 5.69 Å². The molecular formula is C13H15N5O3. The van der Waals surface area contributed by atoms with Crippen molar-refractivity contribution >= 4 is 11.9 Å². The Morgan fingerprint density at radius 1 is 1.38 bits per heavy atom. The number of ether oxygens (including phenoxy) is 2. The number of hydrogen-bond donors (Lipinski definition) is 0. The summed E-state index contributed by atoms with van der Waals surface area (Å²) in [5.74, 6) is 0.136. The van der Waals surface area contributed by atoms with Gasteiger partial charge in [-0.1, -0.05) is 23.3 Å². The van der Waals surface area contributed by atoms with Crippen LogP contribution in [0.5, 0.6) is 0 Å². The second-order valence-electron chi connectivity index (χ2n) is 4.53. The fourth-order valence-corrected chi connectivity index (χ4v) is 2.27. The SMILES string of the molecule is COC(=O)C1COCCN1c1nnnn1-c1ccccc1. The Kier molecular flexibility index (Phi) is 3.78. The van der Waals surface area contributed by atoms with Crippen molar-refractivity contribution in [3.8, 4) is 5.69 Å². The van der Waals surface area contributed by atoms with Crippen LogP contribution in [-0.4, -0.2) is 59.1 Å². The Morgan fingerprint density at radius 2 is 2.19 bits per heavy atom. The maximum Gasteiger partial charge on any atom is 0.331 e. The predicted molar refractivity (Wildman–Crippen MR) is 73.1 cm³/mol. The molecule has 0 aliphatic carbocycles. The molecule has 1 fully saturated rings. The van der Waals surface area contributed by atoms with Crippen LogP contribution in [0.1, 0.15) is 0 Å². The van der Waals surface area contributed by atoms with Gasteiger partial charge in [0.1, 0.15) is 0 Å². The lowest BCUT2D eigenvalue weighted by Crippen LogP contribution is -2.51. The van der Waals surface area contributed by atoms with Crippen LogP contribution in [0, 0.1) is 0 Å². The van der Waals surface area contributed by atoms with Crippen LogP contribution in [0.15, 0.2) is 30.3 Å². The number of esters is 1. The van der Waals surface area contributed by atoms with Crippen LogP contribution in [0.3, 0.4) is 0 Å². The Bertz CT molecular complexity index is 615. The van der Waals surface area contributed by atoms with E-state index in [4.69, 9.17) is 9.47 Å². The average Bonchev–Trinajstić information content (AvgIpc) is 3.04. The number of nitrogens with zero attached hydrogens (tertiary/aromatic N) is 5. The lowest BCUT2D eigenvalue weighted by atomic mass is 10.2. The summed E-state index contributed by atoms with van der Waals surface area (Å²) in [6.45, 7) is 1.29. The van der Waals surface area contributed by atoms with Gasteiger partial charge in [0, 0.05) is 6.54 Å². The zero-order valence-electron chi connectivity index (χ0n) is 11.5. The zero-order valence-corrected chi connectivity index (χ0v) is 11.5. The summed E-state index contributed by atoms with van der Waals surface area (Å²) < 4.78 is 11.8. The second kappa shape index (κ2) is 5.88. The van der Waals surface area contributed by atoms with Crippen molar-refractivity contribution < 1.29 is 14.3 Å². The highest BCUT2D eigenvalue weighted by molar-refractivity contribution is 5.79. The molecule has 0 spiro atoms. The van der Waals surface area contributed by atoms with Crippen molar-refractivity contribution in [2.75, 3.05) is 31.8 Å². The predicted octanol–water partition coefficient (Wildman–Crippen LogP) is 0.0405. The fraction of sp³-hybridized carbons (Fsp3) is 0.385. The molecule has 110 valence electrons. The van der Waals surface area contributed by atoms with E-state index in [0.29, 0.717) is 19.1 Å². The Labute approximate surface area is 121 Å². The van der Waals surface area contributed by atoms with Gasteiger partial charge in [-0.2, -0.15) is 4.68 Å². The van der Waals surface area contributed by atoms with Crippen LogP contribution in [0.2, 0.25) is 0 Å². The number of para-hydroxylation sites is 1. The summed E-state index contributed by atoms with van der Waals surface area (Å²) >= 11 is 0. The van der Waals surface area contributed by atoms with E-state index < -0.39 is 6.04 Å². The molecule has 0 bridgehead atoms. The van der Waals surface area contributed by atoms with Gasteiger partial charge in [-0.15, -0.1) is 0 Å².